The number of fused-ring (bicyclic) bond motifs is 1. The van der Waals surface area contributed by atoms with E-state index >= 15 is 0 Å². The Balaban J connectivity index is 1.69. The minimum absolute atomic E-state index is 0.631. The number of thiophene rings is 2. The third-order valence-corrected chi connectivity index (χ3v) is 7.80. The first-order chi connectivity index (χ1) is 13.2. The number of anilines is 1. The molecule has 0 fully saturated rings. The lowest BCUT2D eigenvalue weighted by Crippen LogP contribution is -2.06. The van der Waals surface area contributed by atoms with Crippen molar-refractivity contribution < 1.29 is 4.74 Å². The van der Waals surface area contributed by atoms with Crippen molar-refractivity contribution >= 4 is 61.1 Å². The number of rotatable bonds is 7. The van der Waals surface area contributed by atoms with Gasteiger partial charge >= 0.3 is 0 Å². The molecule has 0 saturated heterocycles. The van der Waals surface area contributed by atoms with E-state index < -0.39 is 0 Å². The Labute approximate surface area is 173 Å². The van der Waals surface area contributed by atoms with E-state index in [1.807, 2.05) is 11.4 Å². The van der Waals surface area contributed by atoms with E-state index in [1.54, 1.807) is 41.5 Å². The van der Waals surface area contributed by atoms with Crippen LogP contribution >= 0.6 is 45.8 Å². The number of hydrogen-bond donors (Lipinski definition) is 1. The van der Waals surface area contributed by atoms with Gasteiger partial charge in [-0.2, -0.15) is 0 Å². The summed E-state index contributed by atoms with van der Waals surface area (Å²) in [5.41, 5.74) is 1.23. The third kappa shape index (κ3) is 3.99. The van der Waals surface area contributed by atoms with E-state index in [0.717, 1.165) is 35.4 Å². The molecule has 1 N–H and O–H groups in total. The van der Waals surface area contributed by atoms with Gasteiger partial charge in [0.1, 0.15) is 9.86 Å². The molecule has 4 rings (SSSR count). The molecule has 140 valence electrons. The van der Waals surface area contributed by atoms with Gasteiger partial charge in [-0.25, -0.2) is 9.97 Å². The van der Waals surface area contributed by atoms with Crippen LogP contribution in [0.5, 0.6) is 0 Å². The molecule has 0 spiro atoms. The molecule has 0 aromatic carbocycles. The van der Waals surface area contributed by atoms with E-state index in [-0.39, 0.29) is 0 Å². The van der Waals surface area contributed by atoms with Crippen molar-refractivity contribution in [2.75, 3.05) is 25.6 Å². The van der Waals surface area contributed by atoms with Crippen LogP contribution in [-0.4, -0.2) is 40.4 Å². The second-order valence-corrected chi connectivity index (χ2v) is 10.1. The lowest BCUT2D eigenvalue weighted by Gasteiger charge is -2.04. The predicted molar refractivity (Wildman–Crippen MR) is 115 cm³/mol. The summed E-state index contributed by atoms with van der Waals surface area (Å²) in [5.74, 6) is 0.768. The third-order valence-electron chi connectivity index (χ3n) is 3.91. The summed E-state index contributed by atoms with van der Waals surface area (Å²) in [6.45, 7) is 5.60. The van der Waals surface area contributed by atoms with Gasteiger partial charge in [-0.1, -0.05) is 17.4 Å². The molecule has 0 saturated carbocycles. The van der Waals surface area contributed by atoms with Crippen LogP contribution < -0.4 is 5.32 Å². The van der Waals surface area contributed by atoms with Crippen molar-refractivity contribution in [1.82, 2.24) is 20.2 Å². The topological polar surface area (TPSA) is 72.8 Å². The van der Waals surface area contributed by atoms with Crippen molar-refractivity contribution in [2.24, 2.45) is 0 Å². The highest BCUT2D eigenvalue weighted by molar-refractivity contribution is 8.01. The lowest BCUT2D eigenvalue weighted by molar-refractivity contribution is 0.211. The molecule has 0 atom stereocenters. The number of nitrogens with one attached hydrogen (secondary N) is 1. The fourth-order valence-corrected chi connectivity index (χ4v) is 6.09. The molecule has 0 aliphatic carbocycles. The average molecular weight is 436 g/mol. The van der Waals surface area contributed by atoms with Crippen LogP contribution in [0.1, 0.15) is 10.4 Å². The second kappa shape index (κ2) is 8.19. The number of methoxy groups -OCH3 is 1. The first-order valence-electron chi connectivity index (χ1n) is 8.21. The molecule has 4 heterocycles. The average Bonchev–Trinajstić information content (AvgIpc) is 3.38. The summed E-state index contributed by atoms with van der Waals surface area (Å²) in [7, 11) is 1.68. The molecule has 0 aliphatic rings. The van der Waals surface area contributed by atoms with Crippen molar-refractivity contribution in [3.05, 3.63) is 28.0 Å². The Morgan fingerprint density at radius 2 is 2.07 bits per heavy atom. The van der Waals surface area contributed by atoms with Crippen LogP contribution in [0.4, 0.5) is 5.13 Å². The van der Waals surface area contributed by atoms with Crippen LogP contribution in [0, 0.1) is 13.8 Å². The zero-order valence-electron chi connectivity index (χ0n) is 15.0. The molecule has 6 nitrogen and oxygen atoms in total. The SMILES string of the molecule is COCCNc1nnc(Sc2nc(-c3cccs3)nc3sc(C)c(C)c23)s1. The summed E-state index contributed by atoms with van der Waals surface area (Å²) < 4.78 is 5.91. The fraction of sp³-hybridized carbons (Fsp3) is 0.294. The first kappa shape index (κ1) is 18.8. The minimum atomic E-state index is 0.631. The molecule has 0 bridgehead atoms. The molecule has 0 unspecified atom stereocenters. The number of hydrogen-bond acceptors (Lipinski definition) is 10. The fourth-order valence-electron chi connectivity index (χ4n) is 2.47. The first-order valence-corrected chi connectivity index (χ1v) is 11.5. The zero-order valence-corrected chi connectivity index (χ0v) is 18.2. The summed E-state index contributed by atoms with van der Waals surface area (Å²) in [5, 5.41) is 16.6. The van der Waals surface area contributed by atoms with Gasteiger partial charge in [-0.05, 0) is 42.6 Å². The summed E-state index contributed by atoms with van der Waals surface area (Å²) in [4.78, 5) is 13.0. The van der Waals surface area contributed by atoms with Crippen molar-refractivity contribution in [3.63, 3.8) is 0 Å². The predicted octanol–water partition coefficient (Wildman–Crippen LogP) is 5.10. The van der Waals surface area contributed by atoms with Crippen LogP contribution in [0.15, 0.2) is 26.9 Å². The Morgan fingerprint density at radius 3 is 2.85 bits per heavy atom. The van der Waals surface area contributed by atoms with Gasteiger partial charge in [0.15, 0.2) is 10.2 Å². The maximum atomic E-state index is 5.05. The molecule has 10 heteroatoms. The van der Waals surface area contributed by atoms with Gasteiger partial charge in [0.05, 0.1) is 11.5 Å². The van der Waals surface area contributed by atoms with Gasteiger partial charge in [-0.15, -0.1) is 32.9 Å². The van der Waals surface area contributed by atoms with E-state index in [1.165, 1.54) is 21.8 Å². The van der Waals surface area contributed by atoms with Crippen molar-refractivity contribution in [2.45, 2.75) is 23.2 Å². The van der Waals surface area contributed by atoms with E-state index in [9.17, 15) is 0 Å². The molecule has 0 aliphatic heterocycles. The minimum Gasteiger partial charge on any atom is -0.383 e. The highest BCUT2D eigenvalue weighted by atomic mass is 32.2. The van der Waals surface area contributed by atoms with Gasteiger partial charge < -0.3 is 10.1 Å². The van der Waals surface area contributed by atoms with Gasteiger partial charge in [0.25, 0.3) is 0 Å². The Kier molecular flexibility index (Phi) is 5.69. The van der Waals surface area contributed by atoms with E-state index in [0.29, 0.717) is 13.2 Å². The molecule has 0 radical (unpaired) electrons. The maximum absolute atomic E-state index is 5.05. The molecule has 27 heavy (non-hydrogen) atoms. The van der Waals surface area contributed by atoms with Crippen LogP contribution in [0.25, 0.3) is 20.9 Å². The van der Waals surface area contributed by atoms with Crippen LogP contribution in [-0.2, 0) is 4.74 Å². The number of aryl methyl sites for hydroxylation is 2. The van der Waals surface area contributed by atoms with E-state index in [2.05, 4.69) is 35.4 Å². The number of nitrogens with zero attached hydrogens (tertiary/aromatic N) is 4. The quantitative estimate of drug-likeness (QED) is 0.320. The zero-order chi connectivity index (χ0) is 18.8. The summed E-state index contributed by atoms with van der Waals surface area (Å²) >= 11 is 6.44. The molecular formula is C17H17N5OS4. The standard InChI is InChI=1S/C17H17N5OS4/c1-9-10(2)25-14-12(9)15(20-13(19-14)11-5-4-8-24-11)26-17-22-21-16(27-17)18-6-7-23-3/h4-5,8H,6-7H2,1-3H3,(H,18,21). The normalized spacial score (nSPS) is 11.4. The van der Waals surface area contributed by atoms with Gasteiger partial charge in [0, 0.05) is 23.9 Å². The van der Waals surface area contributed by atoms with Gasteiger partial charge in [-0.3, -0.25) is 0 Å². The monoisotopic (exact) mass is 435 g/mol. The smallest absolute Gasteiger partial charge is 0.206 e. The Morgan fingerprint density at radius 1 is 1.19 bits per heavy atom. The number of ether oxygens (including phenoxy) is 1. The lowest BCUT2D eigenvalue weighted by atomic mass is 10.2. The highest BCUT2D eigenvalue weighted by Crippen LogP contribution is 2.40. The second-order valence-electron chi connectivity index (χ2n) is 5.69. The largest absolute Gasteiger partial charge is 0.383 e. The van der Waals surface area contributed by atoms with Crippen molar-refractivity contribution in [3.8, 4) is 10.7 Å². The summed E-state index contributed by atoms with van der Waals surface area (Å²) in [6, 6.07) is 4.07. The molecular weight excluding hydrogens is 418 g/mol. The number of aromatic nitrogens is 4. The van der Waals surface area contributed by atoms with Crippen molar-refractivity contribution in [1.29, 1.82) is 0 Å². The maximum Gasteiger partial charge on any atom is 0.206 e. The molecule has 0 amide bonds. The Bertz CT molecular complexity index is 1060. The molecule has 4 aromatic rings. The summed E-state index contributed by atoms with van der Waals surface area (Å²) in [6.07, 6.45) is 0. The molecule has 4 aromatic heterocycles. The van der Waals surface area contributed by atoms with E-state index in [4.69, 9.17) is 14.7 Å². The van der Waals surface area contributed by atoms with Crippen LogP contribution in [0.3, 0.4) is 0 Å². The van der Waals surface area contributed by atoms with Gasteiger partial charge in [0.2, 0.25) is 5.13 Å². The highest BCUT2D eigenvalue weighted by Gasteiger charge is 2.18. The Hall–Kier alpha value is -1.59. The van der Waals surface area contributed by atoms with Crippen LogP contribution in [0.2, 0.25) is 0 Å².